The quantitative estimate of drug-likeness (QED) is 0.128. The molecule has 4 heterocycles. The SMILES string of the molecule is COc1ccc2c3c1O[C@H]1C(OC(=O)[C@@H](OC(=O)CCC(=O)O[C@H](C(=O)OC4=CC[C@@]5(O)[C@H]6Cc7ccc(OC)c8c7[C@@]5(CCN6C)[C@H]4O8)c4ccccc4)c4ccccc4)=CC[C@@]4(O)[C@@H](C2)N(C)CC[C@]314. The van der Waals surface area contributed by atoms with Gasteiger partial charge in [-0.15, -0.1) is 0 Å². The number of hydrogen-bond donors (Lipinski definition) is 2. The minimum atomic E-state index is -1.55. The predicted octanol–water partition coefficient (Wildman–Crippen LogP) is 5.40. The van der Waals surface area contributed by atoms with Gasteiger partial charge in [-0.3, -0.25) is 9.59 Å². The van der Waals surface area contributed by atoms with Crippen LogP contribution in [0.15, 0.2) is 109 Å². The van der Waals surface area contributed by atoms with E-state index in [0.717, 1.165) is 22.3 Å². The monoisotopic (exact) mass is 980 g/mol. The Balaban J connectivity index is 0.755. The highest BCUT2D eigenvalue weighted by Gasteiger charge is 2.74. The summed E-state index contributed by atoms with van der Waals surface area (Å²) in [5.74, 6) is -1.15. The summed E-state index contributed by atoms with van der Waals surface area (Å²) in [6.07, 6.45) is 0.189. The molecule has 2 fully saturated rings. The zero-order valence-corrected chi connectivity index (χ0v) is 40.5. The largest absolute Gasteiger partial charge is 0.493 e. The standard InChI is InChI=1S/C56H56N2O14/c1-57-27-25-53-43-33-15-17-35(65-3)47(43)71-49(53)37(21-23-55(53,63)39(57)29-33)67-51(61)45(31-11-7-5-8-12-31)69-41(59)19-20-42(60)70-46(32-13-9-6-10-14-32)52(62)68-38-22-24-56(64)40-30-34-16-18-36(66-4)48-44(34)54(56,50(38)72-48)26-28-58(40)2/h5-18,21-22,39-40,45-46,49-50,63-64H,19-20,23-30H2,1-4H3/t39-,40-,45+,46+,49+,50+,53+,54+,55-,56-/m1/s1. The Morgan fingerprint density at radius 1 is 0.611 bits per heavy atom. The fraction of sp³-hybridized carbons (Fsp3) is 0.429. The third-order valence-electron chi connectivity index (χ3n) is 17.2. The van der Waals surface area contributed by atoms with E-state index in [-0.39, 0.29) is 36.4 Å². The number of carbonyl (C=O) groups is 4. The van der Waals surface area contributed by atoms with Crippen molar-refractivity contribution in [3.8, 4) is 23.0 Å². The Kier molecular flexibility index (Phi) is 10.9. The van der Waals surface area contributed by atoms with Crippen LogP contribution in [0.1, 0.15) is 84.1 Å². The number of piperidine rings is 2. The maximum Gasteiger partial charge on any atom is 0.357 e. The van der Waals surface area contributed by atoms with Crippen LogP contribution in [0.4, 0.5) is 0 Å². The number of nitrogens with zero attached hydrogens (tertiary/aromatic N) is 2. The van der Waals surface area contributed by atoms with E-state index in [4.69, 9.17) is 37.9 Å². The molecule has 8 aliphatic rings. The molecule has 4 aliphatic heterocycles. The van der Waals surface area contributed by atoms with Crippen LogP contribution in [-0.2, 0) is 61.8 Å². The van der Waals surface area contributed by atoms with Gasteiger partial charge in [0.15, 0.2) is 35.2 Å². The Morgan fingerprint density at radius 2 is 1.01 bits per heavy atom. The summed E-state index contributed by atoms with van der Waals surface area (Å²) in [7, 11) is 7.14. The molecule has 4 aromatic carbocycles. The van der Waals surface area contributed by atoms with Crippen molar-refractivity contribution < 1.29 is 67.3 Å². The normalized spacial score (nSPS) is 30.6. The van der Waals surface area contributed by atoms with Crippen LogP contribution >= 0.6 is 0 Å². The van der Waals surface area contributed by atoms with Gasteiger partial charge in [-0.1, -0.05) is 72.8 Å². The van der Waals surface area contributed by atoms with Crippen molar-refractivity contribution in [3.05, 3.63) is 142 Å². The fourth-order valence-corrected chi connectivity index (χ4v) is 13.9. The molecule has 12 rings (SSSR count). The van der Waals surface area contributed by atoms with Gasteiger partial charge in [0.05, 0.1) is 49.1 Å². The Bertz CT molecular complexity index is 2780. The zero-order chi connectivity index (χ0) is 49.9. The fourth-order valence-electron chi connectivity index (χ4n) is 13.9. The van der Waals surface area contributed by atoms with E-state index in [1.54, 1.807) is 87.0 Å². The topological polar surface area (TPSA) is 189 Å². The molecule has 16 heteroatoms. The molecule has 4 aliphatic carbocycles. The van der Waals surface area contributed by atoms with Gasteiger partial charge in [-0.25, -0.2) is 9.59 Å². The van der Waals surface area contributed by atoms with Crippen LogP contribution in [0.3, 0.4) is 0 Å². The molecule has 0 radical (unpaired) electrons. The lowest BCUT2D eigenvalue weighted by Gasteiger charge is -2.61. The highest BCUT2D eigenvalue weighted by Crippen LogP contribution is 2.67. The first kappa shape index (κ1) is 46.4. The van der Waals surface area contributed by atoms with Gasteiger partial charge in [0.25, 0.3) is 0 Å². The second-order valence-corrected chi connectivity index (χ2v) is 20.5. The summed E-state index contributed by atoms with van der Waals surface area (Å²) >= 11 is 0. The summed E-state index contributed by atoms with van der Waals surface area (Å²) in [6, 6.07) is 24.1. The van der Waals surface area contributed by atoms with Crippen LogP contribution in [0, 0.1) is 0 Å². The van der Waals surface area contributed by atoms with Crippen molar-refractivity contribution in [3.63, 3.8) is 0 Å². The Labute approximate surface area is 416 Å². The van der Waals surface area contributed by atoms with Gasteiger partial charge < -0.3 is 57.9 Å². The molecule has 4 aromatic rings. The van der Waals surface area contributed by atoms with Crippen LogP contribution in [0.5, 0.6) is 23.0 Å². The lowest BCUT2D eigenvalue weighted by Crippen LogP contribution is -2.74. The molecule has 16 nitrogen and oxygen atoms in total. The zero-order valence-electron chi connectivity index (χ0n) is 40.5. The van der Waals surface area contributed by atoms with Gasteiger partial charge in [0.1, 0.15) is 11.5 Å². The molecule has 0 unspecified atom stereocenters. The van der Waals surface area contributed by atoms with Gasteiger partial charge in [0, 0.05) is 47.2 Å². The average molecular weight is 981 g/mol. The predicted molar refractivity (Wildman–Crippen MR) is 255 cm³/mol. The third kappa shape index (κ3) is 6.50. The maximum atomic E-state index is 14.4. The van der Waals surface area contributed by atoms with Gasteiger partial charge in [0.2, 0.25) is 12.2 Å². The van der Waals surface area contributed by atoms with Crippen molar-refractivity contribution >= 4 is 23.9 Å². The molecule has 4 bridgehead atoms. The Morgan fingerprint density at radius 3 is 1.40 bits per heavy atom. The first-order chi connectivity index (χ1) is 34.8. The highest BCUT2D eigenvalue weighted by atomic mass is 16.6. The Hall–Kier alpha value is -6.72. The summed E-state index contributed by atoms with van der Waals surface area (Å²) < 4.78 is 48.9. The number of ether oxygens (including phenoxy) is 8. The molecule has 2 saturated heterocycles. The summed E-state index contributed by atoms with van der Waals surface area (Å²) in [6.45, 7) is 1.35. The minimum Gasteiger partial charge on any atom is -0.493 e. The lowest BCUT2D eigenvalue weighted by atomic mass is 9.50. The van der Waals surface area contributed by atoms with E-state index >= 15 is 0 Å². The second-order valence-electron chi connectivity index (χ2n) is 20.5. The summed E-state index contributed by atoms with van der Waals surface area (Å²) in [4.78, 5) is 60.6. The van der Waals surface area contributed by atoms with Crippen molar-refractivity contribution in [2.24, 2.45) is 0 Å². The number of carbonyl (C=O) groups excluding carboxylic acids is 4. The van der Waals surface area contributed by atoms with Crippen molar-refractivity contribution in [1.82, 2.24) is 9.80 Å². The van der Waals surface area contributed by atoms with E-state index < -0.39 is 83.2 Å². The van der Waals surface area contributed by atoms with Gasteiger partial charge >= 0.3 is 23.9 Å². The molecule has 0 aromatic heterocycles. The minimum absolute atomic E-state index is 0.189. The van der Waals surface area contributed by atoms with Crippen LogP contribution in [0.25, 0.3) is 0 Å². The third-order valence-corrected chi connectivity index (χ3v) is 17.2. The number of rotatable bonds is 13. The van der Waals surface area contributed by atoms with Crippen molar-refractivity contribution in [2.75, 3.05) is 41.4 Å². The first-order valence-electron chi connectivity index (χ1n) is 24.7. The number of methoxy groups -OCH3 is 2. The second kappa shape index (κ2) is 16.9. The van der Waals surface area contributed by atoms with E-state index in [1.165, 1.54) is 0 Å². The number of hydrogen-bond acceptors (Lipinski definition) is 16. The van der Waals surface area contributed by atoms with Crippen LogP contribution < -0.4 is 18.9 Å². The van der Waals surface area contributed by atoms with Crippen LogP contribution in [0.2, 0.25) is 0 Å². The summed E-state index contributed by atoms with van der Waals surface area (Å²) in [5, 5.41) is 25.3. The molecule has 2 spiro atoms. The number of aliphatic hydroxyl groups is 2. The number of likely N-dealkylation sites (tertiary alicyclic amines) is 2. The molecule has 0 saturated carbocycles. The number of esters is 4. The molecular formula is C56H56N2O14. The van der Waals surface area contributed by atoms with Crippen molar-refractivity contribution in [2.45, 2.75) is 110 Å². The molecule has 374 valence electrons. The molecule has 0 amide bonds. The molecular weight excluding hydrogens is 925 g/mol. The molecule has 10 atom stereocenters. The average Bonchev–Trinajstić information content (AvgIpc) is 3.94. The van der Waals surface area contributed by atoms with E-state index in [1.807, 2.05) is 38.4 Å². The molecule has 72 heavy (non-hydrogen) atoms. The molecule has 2 N–H and O–H groups in total. The maximum absolute atomic E-state index is 14.4. The van der Waals surface area contributed by atoms with E-state index in [9.17, 15) is 29.4 Å². The number of benzene rings is 4. The first-order valence-corrected chi connectivity index (χ1v) is 24.7. The van der Waals surface area contributed by atoms with E-state index in [0.29, 0.717) is 72.9 Å². The number of likely N-dealkylation sites (N-methyl/N-ethyl adjacent to an activating group) is 2. The smallest absolute Gasteiger partial charge is 0.357 e. The summed E-state index contributed by atoms with van der Waals surface area (Å²) in [5.41, 5.74) is 0.143. The lowest BCUT2D eigenvalue weighted by molar-refractivity contribution is -0.178. The van der Waals surface area contributed by atoms with Crippen molar-refractivity contribution in [1.29, 1.82) is 0 Å². The highest BCUT2D eigenvalue weighted by molar-refractivity contribution is 5.85. The van der Waals surface area contributed by atoms with E-state index in [2.05, 4.69) is 9.80 Å². The van der Waals surface area contributed by atoms with Crippen LogP contribution in [-0.4, -0.2) is 121 Å². The van der Waals surface area contributed by atoms with Gasteiger partial charge in [-0.2, -0.15) is 0 Å². The van der Waals surface area contributed by atoms with Gasteiger partial charge in [-0.05, 0) is 88.3 Å².